The molecule has 1 saturated heterocycles. The number of benzene rings is 1. The molecule has 0 saturated carbocycles. The zero-order chi connectivity index (χ0) is 18.4. The van der Waals surface area contributed by atoms with E-state index in [2.05, 4.69) is 22.3 Å². The van der Waals surface area contributed by atoms with E-state index in [-0.39, 0.29) is 11.8 Å². The van der Waals surface area contributed by atoms with E-state index < -0.39 is 12.1 Å². The number of carbonyl (C=O) groups is 2. The molecule has 2 rings (SSSR count). The minimum absolute atomic E-state index is 0.00247. The van der Waals surface area contributed by atoms with Crippen LogP contribution in [0, 0.1) is 5.92 Å². The summed E-state index contributed by atoms with van der Waals surface area (Å²) in [4.78, 5) is 27.9. The van der Waals surface area contributed by atoms with Crippen LogP contribution in [0.3, 0.4) is 0 Å². The molecule has 3 amide bonds. The fourth-order valence-electron chi connectivity index (χ4n) is 2.98. The zero-order valence-corrected chi connectivity index (χ0v) is 15.2. The summed E-state index contributed by atoms with van der Waals surface area (Å²) in [6.07, 6.45) is 0. The molecule has 1 aliphatic heterocycles. The Labute approximate surface area is 149 Å². The van der Waals surface area contributed by atoms with E-state index in [4.69, 9.17) is 10.5 Å². The van der Waals surface area contributed by atoms with Gasteiger partial charge in [0.2, 0.25) is 5.91 Å². The summed E-state index contributed by atoms with van der Waals surface area (Å²) in [5, 5.41) is 2.56. The SMILES string of the molecule is COc1ccc(CN2CCN(C(=O)[C@@H](NC(N)=O)C(C)C)CC2)cc1. The number of methoxy groups -OCH3 is 1. The number of amides is 3. The van der Waals surface area contributed by atoms with E-state index in [9.17, 15) is 9.59 Å². The number of hydrogen-bond donors (Lipinski definition) is 2. The molecule has 1 heterocycles. The molecule has 1 atom stereocenters. The molecule has 7 nitrogen and oxygen atoms in total. The summed E-state index contributed by atoms with van der Waals surface area (Å²) >= 11 is 0. The average molecular weight is 348 g/mol. The van der Waals surface area contributed by atoms with Crippen LogP contribution < -0.4 is 15.8 Å². The second-order valence-electron chi connectivity index (χ2n) is 6.68. The van der Waals surface area contributed by atoms with Gasteiger partial charge in [-0.2, -0.15) is 0 Å². The van der Waals surface area contributed by atoms with Gasteiger partial charge >= 0.3 is 6.03 Å². The van der Waals surface area contributed by atoms with Gasteiger partial charge in [-0.1, -0.05) is 26.0 Å². The highest BCUT2D eigenvalue weighted by Gasteiger charge is 2.30. The van der Waals surface area contributed by atoms with E-state index in [1.165, 1.54) is 5.56 Å². The Hall–Kier alpha value is -2.28. The highest BCUT2D eigenvalue weighted by molar-refractivity contribution is 5.86. The number of primary amides is 1. The molecule has 0 radical (unpaired) electrons. The summed E-state index contributed by atoms with van der Waals surface area (Å²) in [5.41, 5.74) is 6.41. The molecular weight excluding hydrogens is 320 g/mol. The summed E-state index contributed by atoms with van der Waals surface area (Å²) in [6.45, 7) is 7.56. The molecule has 3 N–H and O–H groups in total. The Morgan fingerprint density at radius 2 is 1.76 bits per heavy atom. The standard InChI is InChI=1S/C18H28N4O3/c1-13(2)16(20-18(19)24)17(23)22-10-8-21(9-11-22)12-14-4-6-15(25-3)7-5-14/h4-7,13,16H,8-12H2,1-3H3,(H3,19,20,24)/t16-/m0/s1. The molecule has 0 spiro atoms. The molecule has 138 valence electrons. The third kappa shape index (κ3) is 5.35. The number of rotatable bonds is 6. The molecule has 0 aliphatic carbocycles. The van der Waals surface area contributed by atoms with Crippen molar-refractivity contribution in [1.82, 2.24) is 15.1 Å². The van der Waals surface area contributed by atoms with E-state index in [1.807, 2.05) is 30.9 Å². The fraction of sp³-hybridized carbons (Fsp3) is 0.556. The topological polar surface area (TPSA) is 87.9 Å². The van der Waals surface area contributed by atoms with E-state index >= 15 is 0 Å². The van der Waals surface area contributed by atoms with Crippen molar-refractivity contribution < 1.29 is 14.3 Å². The molecule has 0 aromatic heterocycles. The van der Waals surface area contributed by atoms with E-state index in [1.54, 1.807) is 7.11 Å². The number of nitrogens with zero attached hydrogens (tertiary/aromatic N) is 2. The number of hydrogen-bond acceptors (Lipinski definition) is 4. The van der Waals surface area contributed by atoms with Crippen LogP contribution in [0.2, 0.25) is 0 Å². The first kappa shape index (κ1) is 19.1. The van der Waals surface area contributed by atoms with Crippen molar-refractivity contribution >= 4 is 11.9 Å². The minimum atomic E-state index is -0.662. The number of urea groups is 1. The van der Waals surface area contributed by atoms with Gasteiger partial charge in [0.15, 0.2) is 0 Å². The van der Waals surface area contributed by atoms with Crippen LogP contribution in [0.1, 0.15) is 19.4 Å². The first-order valence-corrected chi connectivity index (χ1v) is 8.60. The van der Waals surface area contributed by atoms with Gasteiger partial charge in [-0.25, -0.2) is 4.79 Å². The van der Waals surface area contributed by atoms with Crippen LogP contribution in [0.15, 0.2) is 24.3 Å². The summed E-state index contributed by atoms with van der Waals surface area (Å²) in [5.74, 6) is 0.788. The number of piperazine rings is 1. The molecule has 1 aliphatic rings. The van der Waals surface area contributed by atoms with E-state index in [0.717, 1.165) is 25.4 Å². The first-order valence-electron chi connectivity index (χ1n) is 8.60. The molecule has 0 unspecified atom stereocenters. The van der Waals surface area contributed by atoms with Crippen molar-refractivity contribution in [1.29, 1.82) is 0 Å². The van der Waals surface area contributed by atoms with Crippen LogP contribution in [-0.4, -0.2) is 61.1 Å². The van der Waals surface area contributed by atoms with E-state index in [0.29, 0.717) is 13.1 Å². The number of nitrogens with two attached hydrogens (primary N) is 1. The van der Waals surface area contributed by atoms with Crippen molar-refractivity contribution in [3.05, 3.63) is 29.8 Å². The van der Waals surface area contributed by atoms with Gasteiger partial charge in [0.25, 0.3) is 0 Å². The minimum Gasteiger partial charge on any atom is -0.497 e. The summed E-state index contributed by atoms with van der Waals surface area (Å²) in [6, 6.07) is 6.80. The summed E-state index contributed by atoms with van der Waals surface area (Å²) in [7, 11) is 1.66. The second kappa shape index (κ2) is 8.71. The van der Waals surface area contributed by atoms with Gasteiger partial charge in [-0.05, 0) is 23.6 Å². The lowest BCUT2D eigenvalue weighted by molar-refractivity contribution is -0.136. The Morgan fingerprint density at radius 1 is 1.16 bits per heavy atom. The lowest BCUT2D eigenvalue weighted by Gasteiger charge is -2.37. The largest absolute Gasteiger partial charge is 0.497 e. The molecular formula is C18H28N4O3. The van der Waals surface area contributed by atoms with Crippen molar-refractivity contribution in [3.63, 3.8) is 0 Å². The average Bonchev–Trinajstić information content (AvgIpc) is 2.60. The highest BCUT2D eigenvalue weighted by atomic mass is 16.5. The molecule has 0 bridgehead atoms. The predicted molar refractivity (Wildman–Crippen MR) is 96.2 cm³/mol. The Bertz CT molecular complexity index is 580. The molecule has 25 heavy (non-hydrogen) atoms. The summed E-state index contributed by atoms with van der Waals surface area (Å²) < 4.78 is 5.17. The van der Waals surface area contributed by atoms with Crippen molar-refractivity contribution in [2.45, 2.75) is 26.4 Å². The fourth-order valence-corrected chi connectivity index (χ4v) is 2.98. The van der Waals surface area contributed by atoms with Crippen molar-refractivity contribution in [2.24, 2.45) is 11.7 Å². The van der Waals surface area contributed by atoms with Gasteiger partial charge in [0, 0.05) is 32.7 Å². The Balaban J connectivity index is 1.87. The number of nitrogens with one attached hydrogen (secondary N) is 1. The third-order valence-corrected chi connectivity index (χ3v) is 4.48. The van der Waals surface area contributed by atoms with Gasteiger partial charge in [-0.3, -0.25) is 9.69 Å². The quantitative estimate of drug-likeness (QED) is 0.804. The van der Waals surface area contributed by atoms with Crippen LogP contribution >= 0.6 is 0 Å². The Kier molecular flexibility index (Phi) is 6.64. The van der Waals surface area contributed by atoms with Gasteiger partial charge in [-0.15, -0.1) is 0 Å². The van der Waals surface area contributed by atoms with Crippen LogP contribution in [0.4, 0.5) is 4.79 Å². The third-order valence-electron chi connectivity index (χ3n) is 4.48. The normalized spacial score (nSPS) is 16.6. The number of carbonyl (C=O) groups excluding carboxylic acids is 2. The lowest BCUT2D eigenvalue weighted by atomic mass is 10.0. The second-order valence-corrected chi connectivity index (χ2v) is 6.68. The first-order chi connectivity index (χ1) is 11.9. The lowest BCUT2D eigenvalue weighted by Crippen LogP contribution is -2.57. The maximum atomic E-state index is 12.6. The van der Waals surface area contributed by atoms with Crippen LogP contribution in [0.25, 0.3) is 0 Å². The van der Waals surface area contributed by atoms with Crippen molar-refractivity contribution in [3.8, 4) is 5.75 Å². The van der Waals surface area contributed by atoms with Gasteiger partial charge in [0.1, 0.15) is 11.8 Å². The Morgan fingerprint density at radius 3 is 2.24 bits per heavy atom. The van der Waals surface area contributed by atoms with Crippen LogP contribution in [-0.2, 0) is 11.3 Å². The zero-order valence-electron chi connectivity index (χ0n) is 15.2. The van der Waals surface area contributed by atoms with Crippen LogP contribution in [0.5, 0.6) is 5.75 Å². The van der Waals surface area contributed by atoms with Crippen molar-refractivity contribution in [2.75, 3.05) is 33.3 Å². The number of ether oxygens (including phenoxy) is 1. The van der Waals surface area contributed by atoms with Gasteiger partial charge < -0.3 is 20.7 Å². The highest BCUT2D eigenvalue weighted by Crippen LogP contribution is 2.15. The molecule has 1 aromatic rings. The van der Waals surface area contributed by atoms with Gasteiger partial charge in [0.05, 0.1) is 7.11 Å². The molecule has 1 fully saturated rings. The molecule has 7 heteroatoms. The molecule has 1 aromatic carbocycles. The maximum absolute atomic E-state index is 12.6. The predicted octanol–water partition coefficient (Wildman–Crippen LogP) is 1.03. The monoisotopic (exact) mass is 348 g/mol. The maximum Gasteiger partial charge on any atom is 0.312 e. The smallest absolute Gasteiger partial charge is 0.312 e.